The number of carboxylic acid groups (broad SMARTS) is 1. The highest BCUT2D eigenvalue weighted by atomic mass is 32.2. The van der Waals surface area contributed by atoms with E-state index in [1.165, 1.54) is 0 Å². The number of amidine groups is 1. The highest BCUT2D eigenvalue weighted by Crippen LogP contribution is 1.86. The highest BCUT2D eigenvalue weighted by molar-refractivity contribution is 7.95. The smallest absolute Gasteiger partial charge is 0.303 e. The minimum atomic E-state index is -2.30. The van der Waals surface area contributed by atoms with Crippen molar-refractivity contribution in [2.24, 2.45) is 0 Å². The minimum Gasteiger partial charge on any atom is -0.481 e. The van der Waals surface area contributed by atoms with E-state index in [-0.39, 0.29) is 13.0 Å². The fraction of sp³-hybridized carbons (Fsp3) is 0.600. The van der Waals surface area contributed by atoms with Crippen LogP contribution in [0, 0.1) is 5.41 Å². The quantitative estimate of drug-likeness (QED) is 0.210. The van der Waals surface area contributed by atoms with E-state index < -0.39 is 22.2 Å². The molecule has 0 spiro atoms. The van der Waals surface area contributed by atoms with Gasteiger partial charge in [-0.2, -0.15) is 0 Å². The first-order valence-electron chi connectivity index (χ1n) is 3.19. The Morgan fingerprint density at radius 2 is 2.17 bits per heavy atom. The monoisotopic (exact) mass is 194 g/mol. The maximum absolute atomic E-state index is 10.1. The lowest BCUT2D eigenvalue weighted by molar-refractivity contribution is -0.137. The van der Waals surface area contributed by atoms with Crippen molar-refractivity contribution in [2.45, 2.75) is 12.8 Å². The van der Waals surface area contributed by atoms with Crippen LogP contribution in [0.15, 0.2) is 0 Å². The summed E-state index contributed by atoms with van der Waals surface area (Å²) in [5.74, 6) is -0.923. The average molecular weight is 194 g/mol. The first kappa shape index (κ1) is 11.1. The van der Waals surface area contributed by atoms with E-state index in [1.807, 2.05) is 0 Å². The number of aliphatic carboxylic acids is 1. The molecule has 0 rings (SSSR count). The molecule has 0 aliphatic carbocycles. The molecular weight excluding hydrogens is 184 g/mol. The molecule has 70 valence electrons. The first-order valence-corrected chi connectivity index (χ1v) is 4.29. The zero-order chi connectivity index (χ0) is 9.56. The molecule has 6 nitrogen and oxygen atoms in total. The Hall–Kier alpha value is -0.950. The lowest BCUT2D eigenvalue weighted by Gasteiger charge is -2.01. The Kier molecular flexibility index (Phi) is 5.22. The molecule has 1 atom stereocenters. The van der Waals surface area contributed by atoms with Crippen molar-refractivity contribution in [3.8, 4) is 0 Å². The molecule has 0 fully saturated rings. The maximum atomic E-state index is 10.1. The second-order valence-electron chi connectivity index (χ2n) is 2.00. The largest absolute Gasteiger partial charge is 0.481 e. The van der Waals surface area contributed by atoms with Crippen LogP contribution in [0.3, 0.4) is 0 Å². The predicted octanol–water partition coefficient (Wildman–Crippen LogP) is -0.403. The summed E-state index contributed by atoms with van der Waals surface area (Å²) in [4.78, 5) is 9.99. The summed E-state index contributed by atoms with van der Waals surface area (Å²) < 4.78 is 18.4. The molecule has 7 heteroatoms. The standard InChI is InChI=1S/C5H10N2O4S/c6-5(12(10)11)7-3-1-2-4(8)9/h1-3H2,(H2,6,7)(H,8,9)(H,10,11). The van der Waals surface area contributed by atoms with Gasteiger partial charge in [-0.15, -0.1) is 0 Å². The molecule has 0 aliphatic rings. The molecular formula is C5H10N2O4S. The Morgan fingerprint density at radius 1 is 1.58 bits per heavy atom. The van der Waals surface area contributed by atoms with Crippen molar-refractivity contribution in [1.82, 2.24) is 5.32 Å². The van der Waals surface area contributed by atoms with Crippen molar-refractivity contribution >= 4 is 22.2 Å². The number of nitrogens with one attached hydrogen (secondary N) is 2. The van der Waals surface area contributed by atoms with Gasteiger partial charge in [0, 0.05) is 13.0 Å². The van der Waals surface area contributed by atoms with Gasteiger partial charge in [0.05, 0.1) is 0 Å². The Labute approximate surface area is 71.8 Å². The van der Waals surface area contributed by atoms with E-state index in [2.05, 4.69) is 5.32 Å². The molecule has 0 saturated carbocycles. The third kappa shape index (κ3) is 5.81. The number of carboxylic acids is 1. The van der Waals surface area contributed by atoms with Crippen LogP contribution >= 0.6 is 0 Å². The molecule has 0 radical (unpaired) electrons. The van der Waals surface area contributed by atoms with Gasteiger partial charge < -0.3 is 10.4 Å². The molecule has 0 amide bonds. The molecule has 0 aromatic heterocycles. The minimum absolute atomic E-state index is 0.0155. The molecule has 0 heterocycles. The summed E-state index contributed by atoms with van der Waals surface area (Å²) in [5.41, 5.74) is 0. The first-order chi connectivity index (χ1) is 5.54. The Bertz CT molecular complexity index is 206. The third-order valence-corrected chi connectivity index (χ3v) is 1.52. The fourth-order valence-corrected chi connectivity index (χ4v) is 0.729. The van der Waals surface area contributed by atoms with Crippen molar-refractivity contribution in [3.05, 3.63) is 0 Å². The number of carbonyl (C=O) groups is 1. The summed E-state index contributed by atoms with van der Waals surface area (Å²) >= 11 is -2.30. The van der Waals surface area contributed by atoms with Crippen molar-refractivity contribution in [2.75, 3.05) is 6.54 Å². The number of hydrogen-bond donors (Lipinski definition) is 4. The zero-order valence-corrected chi connectivity index (χ0v) is 7.06. The van der Waals surface area contributed by atoms with Gasteiger partial charge in [0.1, 0.15) is 0 Å². The molecule has 0 saturated heterocycles. The van der Waals surface area contributed by atoms with Crippen LogP contribution in [0.5, 0.6) is 0 Å². The summed E-state index contributed by atoms with van der Waals surface area (Å²) in [6.45, 7) is 0.220. The van der Waals surface area contributed by atoms with Crippen LogP contribution in [-0.2, 0) is 15.9 Å². The van der Waals surface area contributed by atoms with Crippen LogP contribution in [0.25, 0.3) is 0 Å². The zero-order valence-electron chi connectivity index (χ0n) is 6.24. The van der Waals surface area contributed by atoms with Gasteiger partial charge >= 0.3 is 5.97 Å². The topological polar surface area (TPSA) is 110 Å². The van der Waals surface area contributed by atoms with Crippen LogP contribution in [0.1, 0.15) is 12.8 Å². The molecule has 0 aromatic carbocycles. The highest BCUT2D eigenvalue weighted by Gasteiger charge is 2.02. The second kappa shape index (κ2) is 5.67. The molecule has 0 aliphatic heterocycles. The van der Waals surface area contributed by atoms with Gasteiger partial charge in [0.15, 0.2) is 0 Å². The Balaban J connectivity index is 3.38. The fourth-order valence-electron chi connectivity index (χ4n) is 0.503. The molecule has 4 N–H and O–H groups in total. The van der Waals surface area contributed by atoms with Crippen LogP contribution in [-0.4, -0.2) is 31.5 Å². The van der Waals surface area contributed by atoms with Crippen molar-refractivity contribution in [3.63, 3.8) is 0 Å². The van der Waals surface area contributed by atoms with E-state index in [9.17, 15) is 9.00 Å². The molecule has 12 heavy (non-hydrogen) atoms. The van der Waals surface area contributed by atoms with Gasteiger partial charge in [-0.25, -0.2) is 4.21 Å². The maximum Gasteiger partial charge on any atom is 0.303 e. The van der Waals surface area contributed by atoms with Crippen LogP contribution < -0.4 is 5.32 Å². The van der Waals surface area contributed by atoms with E-state index in [4.69, 9.17) is 15.1 Å². The van der Waals surface area contributed by atoms with Gasteiger partial charge in [0.25, 0.3) is 0 Å². The third-order valence-electron chi connectivity index (χ3n) is 1.03. The molecule has 0 aromatic rings. The second-order valence-corrected chi connectivity index (χ2v) is 2.91. The van der Waals surface area contributed by atoms with Gasteiger partial charge in [-0.3, -0.25) is 14.8 Å². The average Bonchev–Trinajstić information content (AvgIpc) is 1.97. The summed E-state index contributed by atoms with van der Waals surface area (Å²) in [7, 11) is 0. The van der Waals surface area contributed by atoms with E-state index in [0.29, 0.717) is 6.42 Å². The van der Waals surface area contributed by atoms with Gasteiger partial charge in [-0.1, -0.05) is 0 Å². The lowest BCUT2D eigenvalue weighted by atomic mass is 10.3. The van der Waals surface area contributed by atoms with Crippen LogP contribution in [0.2, 0.25) is 0 Å². The van der Waals surface area contributed by atoms with Crippen molar-refractivity contribution in [1.29, 1.82) is 5.41 Å². The van der Waals surface area contributed by atoms with E-state index in [1.54, 1.807) is 0 Å². The van der Waals surface area contributed by atoms with Gasteiger partial charge in [-0.05, 0) is 6.42 Å². The number of hydrogen-bond acceptors (Lipinski definition) is 3. The number of rotatable bonds is 4. The summed E-state index contributed by atoms with van der Waals surface area (Å²) in [5, 5.41) is 16.8. The molecule has 0 bridgehead atoms. The summed E-state index contributed by atoms with van der Waals surface area (Å²) in [6.07, 6.45) is 0.313. The van der Waals surface area contributed by atoms with Crippen LogP contribution in [0.4, 0.5) is 0 Å². The normalized spacial score (nSPS) is 12.1. The molecule has 1 unspecified atom stereocenters. The van der Waals surface area contributed by atoms with Gasteiger partial charge in [0.2, 0.25) is 16.2 Å². The SMILES string of the molecule is N=C(NCCCC(=O)O)S(=O)O. The predicted molar refractivity (Wildman–Crippen MR) is 43.4 cm³/mol. The van der Waals surface area contributed by atoms with E-state index in [0.717, 1.165) is 0 Å². The summed E-state index contributed by atoms with van der Waals surface area (Å²) in [6, 6.07) is 0. The van der Waals surface area contributed by atoms with E-state index >= 15 is 0 Å². The van der Waals surface area contributed by atoms with Crippen molar-refractivity contribution < 1.29 is 18.7 Å². The Morgan fingerprint density at radius 3 is 2.58 bits per heavy atom. The lowest BCUT2D eigenvalue weighted by Crippen LogP contribution is -2.27.